The van der Waals surface area contributed by atoms with Crippen LogP contribution in [-0.4, -0.2) is 47.0 Å². The highest BCUT2D eigenvalue weighted by Gasteiger charge is 2.35. The van der Waals surface area contributed by atoms with Gasteiger partial charge in [0.15, 0.2) is 6.61 Å². The predicted molar refractivity (Wildman–Crippen MR) is 128 cm³/mol. The van der Waals surface area contributed by atoms with Crippen LogP contribution in [0.3, 0.4) is 0 Å². The molecular formula is C21H17BrIN3O6. The molecule has 0 saturated carbocycles. The number of benzene rings is 2. The topological polar surface area (TPSA) is 125 Å². The summed E-state index contributed by atoms with van der Waals surface area (Å²) in [6.45, 7) is 0.867. The first-order valence-electron chi connectivity index (χ1n) is 9.18. The molecular weight excluding hydrogens is 597 g/mol. The highest BCUT2D eigenvalue weighted by Crippen LogP contribution is 2.33. The standard InChI is InChI=1S/C21H17BrIN3O6/c1-11-2-4-14(5-3-11)24-17(27)9-26-20(30)16(25-21(26)31)7-12-6-13(23)8-15(22)19(12)32-10-18(28)29/h2-8H,9-10H2,1H3,(H,24,27)(H,25,31)(H,28,29). The fourth-order valence-electron chi connectivity index (χ4n) is 2.83. The second kappa shape index (κ2) is 10.1. The maximum absolute atomic E-state index is 12.7. The average Bonchev–Trinajstić information content (AvgIpc) is 2.96. The van der Waals surface area contributed by atoms with Gasteiger partial charge in [-0.1, -0.05) is 17.7 Å². The zero-order valence-corrected chi connectivity index (χ0v) is 20.4. The quantitative estimate of drug-likeness (QED) is 0.250. The number of aryl methyl sites for hydroxylation is 1. The largest absolute Gasteiger partial charge is 0.480 e. The number of imide groups is 1. The summed E-state index contributed by atoms with van der Waals surface area (Å²) in [5, 5.41) is 14.0. The predicted octanol–water partition coefficient (Wildman–Crippen LogP) is 3.36. The van der Waals surface area contributed by atoms with Crippen LogP contribution in [0, 0.1) is 10.5 Å². The summed E-state index contributed by atoms with van der Waals surface area (Å²) < 4.78 is 6.60. The van der Waals surface area contributed by atoms with Crippen LogP contribution in [0.15, 0.2) is 46.6 Å². The van der Waals surface area contributed by atoms with Gasteiger partial charge < -0.3 is 20.5 Å². The lowest BCUT2D eigenvalue weighted by Crippen LogP contribution is -2.38. The molecule has 1 aliphatic rings. The number of hydrogen-bond donors (Lipinski definition) is 3. The summed E-state index contributed by atoms with van der Waals surface area (Å²) in [4.78, 5) is 49.0. The molecule has 1 saturated heterocycles. The van der Waals surface area contributed by atoms with Crippen molar-refractivity contribution in [2.75, 3.05) is 18.5 Å². The van der Waals surface area contributed by atoms with Gasteiger partial charge in [0.05, 0.1) is 4.47 Å². The van der Waals surface area contributed by atoms with Crippen molar-refractivity contribution < 1.29 is 29.0 Å². The van der Waals surface area contributed by atoms with Crippen LogP contribution in [0.5, 0.6) is 5.75 Å². The molecule has 0 spiro atoms. The Morgan fingerprint density at radius 1 is 1.25 bits per heavy atom. The van der Waals surface area contributed by atoms with E-state index in [1.807, 2.05) is 19.1 Å². The number of carboxylic acids is 1. The Kier molecular flexibility index (Phi) is 7.51. The normalized spacial score (nSPS) is 14.5. The molecule has 1 heterocycles. The summed E-state index contributed by atoms with van der Waals surface area (Å²) in [6.07, 6.45) is 1.38. The second-order valence-corrected chi connectivity index (χ2v) is 8.88. The molecule has 4 amide bonds. The van der Waals surface area contributed by atoms with E-state index >= 15 is 0 Å². The number of carbonyl (C=O) groups is 4. The van der Waals surface area contributed by atoms with Crippen molar-refractivity contribution in [1.82, 2.24) is 10.2 Å². The van der Waals surface area contributed by atoms with Crippen molar-refractivity contribution in [1.29, 1.82) is 0 Å². The molecule has 2 aromatic rings. The summed E-state index contributed by atoms with van der Waals surface area (Å²) in [5.74, 6) is -2.17. The molecule has 2 aromatic carbocycles. The number of amides is 4. The van der Waals surface area contributed by atoms with Crippen molar-refractivity contribution in [2.45, 2.75) is 6.92 Å². The first-order chi connectivity index (χ1) is 15.1. The number of urea groups is 1. The second-order valence-electron chi connectivity index (χ2n) is 6.78. The number of rotatable bonds is 7. The Bertz CT molecular complexity index is 1130. The van der Waals surface area contributed by atoms with Gasteiger partial charge in [-0.25, -0.2) is 14.5 Å². The van der Waals surface area contributed by atoms with Crippen LogP contribution in [0.1, 0.15) is 11.1 Å². The first-order valence-corrected chi connectivity index (χ1v) is 11.1. The minimum Gasteiger partial charge on any atom is -0.480 e. The fourth-order valence-corrected chi connectivity index (χ4v) is 4.49. The Balaban J connectivity index is 1.78. The van der Waals surface area contributed by atoms with Gasteiger partial charge in [-0.3, -0.25) is 9.59 Å². The lowest BCUT2D eigenvalue weighted by molar-refractivity contribution is -0.139. The number of carbonyl (C=O) groups excluding carboxylic acids is 3. The van der Waals surface area contributed by atoms with E-state index in [1.165, 1.54) is 6.08 Å². The minimum atomic E-state index is -1.16. The van der Waals surface area contributed by atoms with Crippen molar-refractivity contribution in [3.63, 3.8) is 0 Å². The summed E-state index contributed by atoms with van der Waals surface area (Å²) >= 11 is 5.37. The first kappa shape index (κ1) is 23.7. The number of carboxylic acid groups (broad SMARTS) is 1. The summed E-state index contributed by atoms with van der Waals surface area (Å²) in [7, 11) is 0. The lowest BCUT2D eigenvalue weighted by Gasteiger charge is -2.12. The Hall–Kier alpha value is -2.93. The number of aliphatic carboxylic acids is 1. The molecule has 0 atom stereocenters. The van der Waals surface area contributed by atoms with Gasteiger partial charge in [-0.2, -0.15) is 0 Å². The number of ether oxygens (including phenoxy) is 1. The van der Waals surface area contributed by atoms with E-state index in [-0.39, 0.29) is 11.4 Å². The fraction of sp³-hybridized carbons (Fsp3) is 0.143. The van der Waals surface area contributed by atoms with Crippen LogP contribution >= 0.6 is 38.5 Å². The van der Waals surface area contributed by atoms with E-state index in [1.54, 1.807) is 24.3 Å². The van der Waals surface area contributed by atoms with E-state index in [0.29, 0.717) is 15.7 Å². The Morgan fingerprint density at radius 2 is 1.94 bits per heavy atom. The van der Waals surface area contributed by atoms with Crippen molar-refractivity contribution in [3.8, 4) is 5.75 Å². The molecule has 0 bridgehead atoms. The van der Waals surface area contributed by atoms with Gasteiger partial charge in [0, 0.05) is 14.8 Å². The third-order valence-corrected chi connectivity index (χ3v) is 5.49. The molecule has 0 aromatic heterocycles. The average molecular weight is 614 g/mol. The van der Waals surface area contributed by atoms with Crippen molar-refractivity contribution in [2.24, 2.45) is 0 Å². The summed E-state index contributed by atoms with van der Waals surface area (Å²) in [6, 6.07) is 9.74. The molecule has 1 aliphatic heterocycles. The molecule has 0 aliphatic carbocycles. The highest BCUT2D eigenvalue weighted by molar-refractivity contribution is 14.1. The number of halogens is 2. The van der Waals surface area contributed by atoms with E-state index < -0.39 is 37.0 Å². The molecule has 3 rings (SSSR count). The van der Waals surface area contributed by atoms with Gasteiger partial charge in [0.1, 0.15) is 18.0 Å². The van der Waals surface area contributed by atoms with E-state index in [2.05, 4.69) is 49.2 Å². The molecule has 3 N–H and O–H groups in total. The molecule has 0 radical (unpaired) electrons. The maximum Gasteiger partial charge on any atom is 0.341 e. The zero-order valence-electron chi connectivity index (χ0n) is 16.6. The zero-order chi connectivity index (χ0) is 23.4. The minimum absolute atomic E-state index is 0.0628. The smallest absolute Gasteiger partial charge is 0.341 e. The lowest BCUT2D eigenvalue weighted by atomic mass is 10.1. The third-order valence-electron chi connectivity index (χ3n) is 4.28. The van der Waals surface area contributed by atoms with Crippen molar-refractivity contribution in [3.05, 3.63) is 61.3 Å². The number of hydrogen-bond acceptors (Lipinski definition) is 5. The third kappa shape index (κ3) is 5.85. The Labute approximate surface area is 205 Å². The molecule has 9 nitrogen and oxygen atoms in total. The molecule has 166 valence electrons. The SMILES string of the molecule is Cc1ccc(NC(=O)CN2C(=O)NC(=Cc3cc(I)cc(Br)c3OCC(=O)O)C2=O)cc1. The van der Waals surface area contributed by atoms with Crippen LogP contribution in [0.2, 0.25) is 0 Å². The van der Waals surface area contributed by atoms with Crippen LogP contribution in [-0.2, 0) is 14.4 Å². The van der Waals surface area contributed by atoms with Gasteiger partial charge in [-0.05, 0) is 75.8 Å². The molecule has 32 heavy (non-hydrogen) atoms. The van der Waals surface area contributed by atoms with Gasteiger partial charge >= 0.3 is 12.0 Å². The van der Waals surface area contributed by atoms with Gasteiger partial charge in [0.25, 0.3) is 5.91 Å². The number of nitrogens with one attached hydrogen (secondary N) is 2. The molecule has 1 fully saturated rings. The van der Waals surface area contributed by atoms with E-state index in [4.69, 9.17) is 9.84 Å². The van der Waals surface area contributed by atoms with Crippen LogP contribution in [0.4, 0.5) is 10.5 Å². The van der Waals surface area contributed by atoms with Crippen LogP contribution < -0.4 is 15.4 Å². The highest BCUT2D eigenvalue weighted by atomic mass is 127. The Morgan fingerprint density at radius 3 is 2.59 bits per heavy atom. The van der Waals surface area contributed by atoms with Gasteiger partial charge in [-0.15, -0.1) is 0 Å². The van der Waals surface area contributed by atoms with E-state index in [9.17, 15) is 19.2 Å². The molecule has 0 unspecified atom stereocenters. The molecule has 11 heteroatoms. The van der Waals surface area contributed by atoms with Crippen LogP contribution in [0.25, 0.3) is 6.08 Å². The monoisotopic (exact) mass is 613 g/mol. The number of nitrogens with zero attached hydrogens (tertiary/aromatic N) is 1. The van der Waals surface area contributed by atoms with Crippen molar-refractivity contribution >= 4 is 74.1 Å². The maximum atomic E-state index is 12.7. The summed E-state index contributed by atoms with van der Waals surface area (Å²) in [5.41, 5.74) is 1.90. The van der Waals surface area contributed by atoms with E-state index in [0.717, 1.165) is 14.0 Å². The van der Waals surface area contributed by atoms with Gasteiger partial charge in [0.2, 0.25) is 5.91 Å². The number of anilines is 1.